The number of rotatable bonds is 6. The fourth-order valence-electron chi connectivity index (χ4n) is 3.42. The molecule has 1 aliphatic rings. The topological polar surface area (TPSA) is 148 Å². The van der Waals surface area contributed by atoms with Crippen molar-refractivity contribution in [2.45, 2.75) is 19.8 Å². The Balaban J connectivity index is 1.69. The van der Waals surface area contributed by atoms with Crippen LogP contribution in [0.25, 0.3) is 0 Å². The first-order chi connectivity index (χ1) is 15.2. The highest BCUT2D eigenvalue weighted by molar-refractivity contribution is 6.02. The van der Waals surface area contributed by atoms with Gasteiger partial charge in [-0.05, 0) is 49.6 Å². The first kappa shape index (κ1) is 22.5. The van der Waals surface area contributed by atoms with Gasteiger partial charge in [-0.15, -0.1) is 0 Å². The van der Waals surface area contributed by atoms with E-state index in [9.17, 15) is 29.7 Å². The Morgan fingerprint density at radius 1 is 0.938 bits per heavy atom. The predicted molar refractivity (Wildman–Crippen MR) is 118 cm³/mol. The van der Waals surface area contributed by atoms with Gasteiger partial charge in [0, 0.05) is 17.3 Å². The summed E-state index contributed by atoms with van der Waals surface area (Å²) in [5.74, 6) is -3.92. The van der Waals surface area contributed by atoms with E-state index in [1.807, 2.05) is 6.08 Å². The summed E-state index contributed by atoms with van der Waals surface area (Å²) in [5, 5.41) is 35.1. The van der Waals surface area contributed by atoms with Crippen LogP contribution in [0.15, 0.2) is 59.7 Å². The van der Waals surface area contributed by atoms with E-state index >= 15 is 0 Å². The Kier molecular flexibility index (Phi) is 6.89. The van der Waals surface area contributed by atoms with Crippen LogP contribution in [0.1, 0.15) is 35.7 Å². The molecule has 0 saturated carbocycles. The highest BCUT2D eigenvalue weighted by atomic mass is 16.4. The lowest BCUT2D eigenvalue weighted by molar-refractivity contribution is -0.146. The molecular formula is C23H23N3O6. The number of phenols is 2. The average molecular weight is 437 g/mol. The van der Waals surface area contributed by atoms with Gasteiger partial charge in [-0.3, -0.25) is 14.4 Å². The quantitative estimate of drug-likeness (QED) is 0.267. The Labute approximate surface area is 184 Å². The van der Waals surface area contributed by atoms with Crippen molar-refractivity contribution in [2.24, 2.45) is 16.9 Å². The minimum absolute atomic E-state index is 0.0366. The van der Waals surface area contributed by atoms with Crippen molar-refractivity contribution in [3.8, 4) is 11.5 Å². The maximum absolute atomic E-state index is 12.7. The van der Waals surface area contributed by atoms with Crippen molar-refractivity contribution in [2.75, 3.05) is 5.32 Å². The molecule has 9 heteroatoms. The second kappa shape index (κ2) is 9.78. The highest BCUT2D eigenvalue weighted by Gasteiger charge is 2.33. The molecule has 5 N–H and O–H groups in total. The lowest BCUT2D eigenvalue weighted by atomic mass is 9.82. The number of aromatic hydroxyl groups is 2. The van der Waals surface area contributed by atoms with Gasteiger partial charge in [0.25, 0.3) is 5.91 Å². The third kappa shape index (κ3) is 5.51. The summed E-state index contributed by atoms with van der Waals surface area (Å²) >= 11 is 0. The fourth-order valence-corrected chi connectivity index (χ4v) is 3.42. The molecule has 3 rings (SSSR count). The van der Waals surface area contributed by atoms with E-state index in [2.05, 4.69) is 15.8 Å². The Hall–Kier alpha value is -4.14. The second-order valence-electron chi connectivity index (χ2n) is 7.44. The van der Waals surface area contributed by atoms with Crippen LogP contribution in [0.4, 0.5) is 5.69 Å². The fraction of sp³-hybridized carbons (Fsp3) is 0.217. The second-order valence-corrected chi connectivity index (χ2v) is 7.44. The van der Waals surface area contributed by atoms with Crippen LogP contribution in [0.3, 0.4) is 0 Å². The van der Waals surface area contributed by atoms with Crippen LogP contribution in [0.2, 0.25) is 0 Å². The molecule has 166 valence electrons. The lowest BCUT2D eigenvalue weighted by Gasteiger charge is -2.24. The molecule has 0 fully saturated rings. The molecule has 0 aliphatic heterocycles. The number of phenolic OH excluding ortho intramolecular Hbond substituents is 2. The summed E-state index contributed by atoms with van der Waals surface area (Å²) in [7, 11) is 0. The van der Waals surface area contributed by atoms with Crippen molar-refractivity contribution >= 4 is 29.2 Å². The first-order valence-electron chi connectivity index (χ1n) is 9.91. The Bertz CT molecular complexity index is 1090. The minimum Gasteiger partial charge on any atom is -0.508 e. The van der Waals surface area contributed by atoms with Crippen LogP contribution in [0.5, 0.6) is 11.5 Å². The summed E-state index contributed by atoms with van der Waals surface area (Å²) in [4.78, 5) is 36.3. The van der Waals surface area contributed by atoms with Crippen molar-refractivity contribution in [3.63, 3.8) is 0 Å². The number of nitrogens with one attached hydrogen (secondary N) is 2. The van der Waals surface area contributed by atoms with Gasteiger partial charge in [0.1, 0.15) is 11.5 Å². The van der Waals surface area contributed by atoms with Gasteiger partial charge >= 0.3 is 5.97 Å². The number of allylic oxidation sites excluding steroid dienone is 2. The van der Waals surface area contributed by atoms with Gasteiger partial charge in [-0.25, -0.2) is 5.43 Å². The number of benzene rings is 2. The first-order valence-corrected chi connectivity index (χ1v) is 9.91. The molecular weight excluding hydrogens is 414 g/mol. The number of carbonyl (C=O) groups excluding carboxylic acids is 2. The molecule has 0 aromatic heterocycles. The summed E-state index contributed by atoms with van der Waals surface area (Å²) < 4.78 is 0. The van der Waals surface area contributed by atoms with Gasteiger partial charge in [0.15, 0.2) is 0 Å². The predicted octanol–water partition coefficient (Wildman–Crippen LogP) is 2.86. The molecule has 2 aromatic rings. The third-order valence-corrected chi connectivity index (χ3v) is 5.12. The zero-order chi connectivity index (χ0) is 23.3. The zero-order valence-electron chi connectivity index (χ0n) is 17.3. The molecule has 2 atom stereocenters. The maximum Gasteiger partial charge on any atom is 0.307 e. The van der Waals surface area contributed by atoms with E-state index in [0.29, 0.717) is 29.8 Å². The summed E-state index contributed by atoms with van der Waals surface area (Å²) in [6.45, 7) is 1.66. The van der Waals surface area contributed by atoms with Crippen molar-refractivity contribution in [1.29, 1.82) is 0 Å². The van der Waals surface area contributed by atoms with Crippen molar-refractivity contribution in [1.82, 2.24) is 5.43 Å². The van der Waals surface area contributed by atoms with Crippen molar-refractivity contribution < 1.29 is 29.7 Å². The molecule has 0 spiro atoms. The summed E-state index contributed by atoms with van der Waals surface area (Å²) in [6.07, 6.45) is 4.26. The van der Waals surface area contributed by atoms with E-state index in [-0.39, 0.29) is 23.0 Å². The molecule has 0 saturated heterocycles. The van der Waals surface area contributed by atoms with E-state index in [0.717, 1.165) is 6.07 Å². The van der Waals surface area contributed by atoms with Crippen LogP contribution < -0.4 is 10.7 Å². The number of nitrogens with zero attached hydrogens (tertiary/aromatic N) is 1. The van der Waals surface area contributed by atoms with Gasteiger partial charge in [0.2, 0.25) is 5.91 Å². The molecule has 2 aromatic carbocycles. The van der Waals surface area contributed by atoms with Crippen LogP contribution >= 0.6 is 0 Å². The van der Waals surface area contributed by atoms with Crippen LogP contribution in [-0.4, -0.2) is 38.8 Å². The Morgan fingerprint density at radius 2 is 1.59 bits per heavy atom. The van der Waals surface area contributed by atoms with Gasteiger partial charge in [-0.2, -0.15) is 5.10 Å². The molecule has 0 heterocycles. The lowest BCUT2D eigenvalue weighted by Crippen LogP contribution is -2.34. The maximum atomic E-state index is 12.7. The SMILES string of the molecule is C/C(=N/NC(=O)c1cc(O)cc(O)c1)c1cccc(NC(=O)[C@H]2CC=CC[C@H]2C(=O)O)c1. The average Bonchev–Trinajstić information content (AvgIpc) is 2.76. The molecule has 32 heavy (non-hydrogen) atoms. The highest BCUT2D eigenvalue weighted by Crippen LogP contribution is 2.27. The Morgan fingerprint density at radius 3 is 2.25 bits per heavy atom. The van der Waals surface area contributed by atoms with Crippen LogP contribution in [-0.2, 0) is 9.59 Å². The molecule has 0 bridgehead atoms. The zero-order valence-corrected chi connectivity index (χ0v) is 17.3. The van der Waals surface area contributed by atoms with Gasteiger partial charge in [-0.1, -0.05) is 24.3 Å². The number of carboxylic acids is 1. The van der Waals surface area contributed by atoms with Gasteiger partial charge in [0.05, 0.1) is 17.5 Å². The van der Waals surface area contributed by atoms with E-state index < -0.39 is 23.7 Å². The standard InChI is InChI=1S/C23H23N3O6/c1-13(25-26-21(29)15-10-17(27)12-18(28)11-15)14-5-4-6-16(9-14)24-22(30)19-7-2-3-8-20(19)23(31)32/h2-6,9-12,19-20,27-28H,7-8H2,1H3,(H,24,30)(H,26,29)(H,31,32)/b25-13-/t19-,20+/m0/s1. The number of carboxylic acid groups (broad SMARTS) is 1. The third-order valence-electron chi connectivity index (χ3n) is 5.12. The number of anilines is 1. The number of amides is 2. The molecule has 2 amide bonds. The molecule has 0 unspecified atom stereocenters. The number of carbonyl (C=O) groups is 3. The number of hydrazone groups is 1. The van der Waals surface area contributed by atoms with E-state index in [1.165, 1.54) is 12.1 Å². The molecule has 1 aliphatic carbocycles. The molecule has 0 radical (unpaired) electrons. The number of hydrogen-bond acceptors (Lipinski definition) is 6. The van der Waals surface area contributed by atoms with Crippen molar-refractivity contribution in [3.05, 3.63) is 65.7 Å². The largest absolute Gasteiger partial charge is 0.508 e. The van der Waals surface area contributed by atoms with Crippen LogP contribution in [0, 0.1) is 11.8 Å². The summed E-state index contributed by atoms with van der Waals surface area (Å²) in [6, 6.07) is 10.3. The smallest absolute Gasteiger partial charge is 0.307 e. The van der Waals surface area contributed by atoms with E-state index in [1.54, 1.807) is 37.3 Å². The summed E-state index contributed by atoms with van der Waals surface area (Å²) in [5.41, 5.74) is 3.93. The molecule has 9 nitrogen and oxygen atoms in total. The number of hydrogen-bond donors (Lipinski definition) is 5. The van der Waals surface area contributed by atoms with E-state index in [4.69, 9.17) is 0 Å². The minimum atomic E-state index is -0.998. The van der Waals surface area contributed by atoms with Gasteiger partial charge < -0.3 is 20.6 Å². The monoisotopic (exact) mass is 437 g/mol. The number of aliphatic carboxylic acids is 1. The normalized spacial score (nSPS) is 18.1.